The molecule has 1 fully saturated rings. The summed E-state index contributed by atoms with van der Waals surface area (Å²) in [5.41, 5.74) is 7.33. The van der Waals surface area contributed by atoms with Gasteiger partial charge in [0.1, 0.15) is 0 Å². The van der Waals surface area contributed by atoms with Gasteiger partial charge < -0.3 is 10.2 Å². The van der Waals surface area contributed by atoms with Gasteiger partial charge in [-0.3, -0.25) is 9.59 Å². The lowest BCUT2D eigenvalue weighted by Gasteiger charge is -2.21. The molecule has 1 aromatic carbocycles. The van der Waals surface area contributed by atoms with Gasteiger partial charge in [-0.25, -0.2) is 0 Å². The topological polar surface area (TPSA) is 98.2 Å². The van der Waals surface area contributed by atoms with E-state index in [9.17, 15) is 22.8 Å². The molecule has 0 bridgehead atoms. The molecule has 0 saturated carbocycles. The molecule has 1 aliphatic heterocycles. The minimum atomic E-state index is -4.55. The number of hydrogen-bond acceptors (Lipinski definition) is 3. The molecule has 0 radical (unpaired) electrons. The first kappa shape index (κ1) is 18.6. The number of likely N-dealkylation sites (tertiary alicyclic amines) is 1. The summed E-state index contributed by atoms with van der Waals surface area (Å²) < 4.78 is 38.0. The van der Waals surface area contributed by atoms with Crippen molar-refractivity contribution in [3.05, 3.63) is 45.8 Å². The number of alkyl halides is 3. The third kappa shape index (κ3) is 4.63. The van der Waals surface area contributed by atoms with Crippen LogP contribution >= 0.6 is 0 Å². The van der Waals surface area contributed by atoms with Crippen LogP contribution in [0.15, 0.2) is 29.4 Å². The normalized spacial score (nSPS) is 20.1. The van der Waals surface area contributed by atoms with Crippen LogP contribution in [-0.4, -0.2) is 41.9 Å². The van der Waals surface area contributed by atoms with E-state index < -0.39 is 17.6 Å². The van der Waals surface area contributed by atoms with Crippen molar-refractivity contribution in [1.29, 1.82) is 0 Å². The van der Waals surface area contributed by atoms with E-state index in [-0.39, 0.29) is 36.6 Å². The molecule has 1 N–H and O–H groups in total. The van der Waals surface area contributed by atoms with Crippen LogP contribution in [0.5, 0.6) is 0 Å². The highest BCUT2D eigenvalue weighted by Gasteiger charge is 2.32. The van der Waals surface area contributed by atoms with E-state index in [1.807, 2.05) is 0 Å². The Morgan fingerprint density at radius 3 is 2.80 bits per heavy atom. The summed E-state index contributed by atoms with van der Waals surface area (Å²) >= 11 is 0. The monoisotopic (exact) mass is 355 g/mol. The number of halogens is 3. The standard InChI is InChI=1S/C15H16F3N5O2/c1-9-5-12(21-22-19)8-23(9)13(24)7-20-14(25)10-3-2-4-11(6-10)15(16,17)18/h2-4,6,9,12H,5,7-8H2,1H3,(H,20,25)/t9-,12+/m1/s1. The summed E-state index contributed by atoms with van der Waals surface area (Å²) in [5.74, 6) is -1.15. The highest BCUT2D eigenvalue weighted by atomic mass is 19.4. The lowest BCUT2D eigenvalue weighted by Crippen LogP contribution is -2.42. The maximum absolute atomic E-state index is 12.7. The number of azide groups is 1. The second-order valence-electron chi connectivity index (χ2n) is 5.75. The van der Waals surface area contributed by atoms with E-state index in [0.29, 0.717) is 6.42 Å². The molecule has 0 spiro atoms. The molecule has 0 unspecified atom stereocenters. The van der Waals surface area contributed by atoms with Gasteiger partial charge in [0.05, 0.1) is 18.2 Å². The van der Waals surface area contributed by atoms with Gasteiger partial charge in [0.2, 0.25) is 5.91 Å². The van der Waals surface area contributed by atoms with Gasteiger partial charge in [-0.15, -0.1) is 0 Å². The first-order chi connectivity index (χ1) is 11.7. The van der Waals surface area contributed by atoms with E-state index >= 15 is 0 Å². The first-order valence-corrected chi connectivity index (χ1v) is 7.51. The zero-order valence-electron chi connectivity index (χ0n) is 13.3. The first-order valence-electron chi connectivity index (χ1n) is 7.51. The van der Waals surface area contributed by atoms with Crippen molar-refractivity contribution in [3.63, 3.8) is 0 Å². The lowest BCUT2D eigenvalue weighted by atomic mass is 10.1. The van der Waals surface area contributed by atoms with Gasteiger partial charge >= 0.3 is 6.18 Å². The van der Waals surface area contributed by atoms with Crippen LogP contribution in [0, 0.1) is 0 Å². The quantitative estimate of drug-likeness (QED) is 0.510. The van der Waals surface area contributed by atoms with Crippen molar-refractivity contribution in [1.82, 2.24) is 10.2 Å². The average molecular weight is 355 g/mol. The predicted molar refractivity (Wildman–Crippen MR) is 82.5 cm³/mol. The maximum atomic E-state index is 12.7. The number of amides is 2. The highest BCUT2D eigenvalue weighted by molar-refractivity contribution is 5.96. The van der Waals surface area contributed by atoms with Crippen molar-refractivity contribution in [2.75, 3.05) is 13.1 Å². The van der Waals surface area contributed by atoms with Crippen LogP contribution in [0.4, 0.5) is 13.2 Å². The molecule has 2 amide bonds. The Labute approximate surface area is 141 Å². The number of nitrogens with zero attached hydrogens (tertiary/aromatic N) is 4. The van der Waals surface area contributed by atoms with Gasteiger partial charge in [-0.1, -0.05) is 11.2 Å². The van der Waals surface area contributed by atoms with Crippen LogP contribution < -0.4 is 5.32 Å². The van der Waals surface area contributed by atoms with E-state index in [0.717, 1.165) is 18.2 Å². The van der Waals surface area contributed by atoms with Gasteiger partial charge in [-0.05, 0) is 37.1 Å². The smallest absolute Gasteiger partial charge is 0.343 e. The minimum Gasteiger partial charge on any atom is -0.343 e. The molecule has 10 heteroatoms. The molecule has 0 aliphatic carbocycles. The Bertz CT molecular complexity index is 715. The van der Waals surface area contributed by atoms with Gasteiger partial charge in [0, 0.05) is 23.1 Å². The third-order valence-corrected chi connectivity index (χ3v) is 3.94. The molecule has 134 valence electrons. The fraction of sp³-hybridized carbons (Fsp3) is 0.467. The van der Waals surface area contributed by atoms with Gasteiger partial charge in [0.25, 0.3) is 5.91 Å². The lowest BCUT2D eigenvalue weighted by molar-refractivity contribution is -0.137. The fourth-order valence-electron chi connectivity index (χ4n) is 2.70. The van der Waals surface area contributed by atoms with Crippen molar-refractivity contribution in [3.8, 4) is 0 Å². The number of benzene rings is 1. The largest absolute Gasteiger partial charge is 0.416 e. The van der Waals surface area contributed by atoms with Crippen molar-refractivity contribution in [2.24, 2.45) is 5.11 Å². The molecular weight excluding hydrogens is 339 g/mol. The molecule has 7 nitrogen and oxygen atoms in total. The number of rotatable bonds is 4. The third-order valence-electron chi connectivity index (χ3n) is 3.94. The van der Waals surface area contributed by atoms with Crippen molar-refractivity contribution >= 4 is 11.8 Å². The Balaban J connectivity index is 1.96. The van der Waals surface area contributed by atoms with Crippen LogP contribution in [0.25, 0.3) is 10.4 Å². The van der Waals surface area contributed by atoms with Crippen LogP contribution in [-0.2, 0) is 11.0 Å². The molecular formula is C15H16F3N5O2. The summed E-state index contributed by atoms with van der Waals surface area (Å²) in [6, 6.07) is 3.51. The zero-order valence-corrected chi connectivity index (χ0v) is 13.3. The number of nitrogens with one attached hydrogen (secondary N) is 1. The van der Waals surface area contributed by atoms with E-state index in [1.165, 1.54) is 11.0 Å². The number of carbonyl (C=O) groups excluding carboxylic acids is 2. The molecule has 1 aromatic rings. The van der Waals surface area contributed by atoms with E-state index in [1.54, 1.807) is 6.92 Å². The summed E-state index contributed by atoms with van der Waals surface area (Å²) in [6.45, 7) is 1.70. The summed E-state index contributed by atoms with van der Waals surface area (Å²) in [6.07, 6.45) is -4.02. The molecule has 0 aromatic heterocycles. The second-order valence-corrected chi connectivity index (χ2v) is 5.75. The summed E-state index contributed by atoms with van der Waals surface area (Å²) in [4.78, 5) is 28.3. The van der Waals surface area contributed by atoms with Crippen molar-refractivity contribution < 1.29 is 22.8 Å². The Morgan fingerprint density at radius 1 is 1.44 bits per heavy atom. The SMILES string of the molecule is C[C@@H]1C[C@H](N=[N+]=[N-])CN1C(=O)CNC(=O)c1cccc(C(F)(F)F)c1. The number of carbonyl (C=O) groups is 2. The second kappa shape index (κ2) is 7.43. The fourth-order valence-corrected chi connectivity index (χ4v) is 2.70. The van der Waals surface area contributed by atoms with Crippen LogP contribution in [0.2, 0.25) is 0 Å². The predicted octanol–water partition coefficient (Wildman–Crippen LogP) is 2.73. The number of hydrogen-bond donors (Lipinski definition) is 1. The molecule has 1 heterocycles. The van der Waals surface area contributed by atoms with E-state index in [4.69, 9.17) is 5.53 Å². The summed E-state index contributed by atoms with van der Waals surface area (Å²) in [5, 5.41) is 5.90. The Kier molecular flexibility index (Phi) is 5.53. The molecule has 2 rings (SSSR count). The van der Waals surface area contributed by atoms with Crippen molar-refractivity contribution in [2.45, 2.75) is 31.6 Å². The molecule has 25 heavy (non-hydrogen) atoms. The average Bonchev–Trinajstić information content (AvgIpc) is 2.92. The molecule has 1 saturated heterocycles. The minimum absolute atomic E-state index is 0.145. The Hall–Kier alpha value is -2.74. The Morgan fingerprint density at radius 2 is 2.16 bits per heavy atom. The van der Waals surface area contributed by atoms with Crippen LogP contribution in [0.3, 0.4) is 0 Å². The van der Waals surface area contributed by atoms with Gasteiger partial charge in [0.15, 0.2) is 0 Å². The molecule has 1 aliphatic rings. The highest BCUT2D eigenvalue weighted by Crippen LogP contribution is 2.29. The zero-order chi connectivity index (χ0) is 18.6. The van der Waals surface area contributed by atoms with E-state index in [2.05, 4.69) is 15.3 Å². The maximum Gasteiger partial charge on any atom is 0.416 e. The molecule has 2 atom stereocenters. The van der Waals surface area contributed by atoms with Crippen LogP contribution in [0.1, 0.15) is 29.3 Å². The van der Waals surface area contributed by atoms with Gasteiger partial charge in [-0.2, -0.15) is 13.2 Å². The summed E-state index contributed by atoms with van der Waals surface area (Å²) in [7, 11) is 0.